The highest BCUT2D eigenvalue weighted by molar-refractivity contribution is 6.30. The van der Waals surface area contributed by atoms with E-state index in [1.807, 2.05) is 42.6 Å². The van der Waals surface area contributed by atoms with Crippen LogP contribution in [0.15, 0.2) is 48.7 Å². The van der Waals surface area contributed by atoms with Gasteiger partial charge < -0.3 is 9.72 Å². The van der Waals surface area contributed by atoms with Gasteiger partial charge in [-0.15, -0.1) is 0 Å². The highest BCUT2D eigenvalue weighted by atomic mass is 35.5. The van der Waals surface area contributed by atoms with Crippen LogP contribution in [-0.4, -0.2) is 18.1 Å². The molecular weight excluding hydrogens is 286 g/mol. The van der Waals surface area contributed by atoms with E-state index in [2.05, 4.69) is 4.98 Å². The Morgan fingerprint density at radius 2 is 2.05 bits per heavy atom. The number of benzene rings is 2. The summed E-state index contributed by atoms with van der Waals surface area (Å²) >= 11 is 6.03. The number of halogens is 1. The Morgan fingerprint density at radius 3 is 2.81 bits per heavy atom. The average molecular weight is 300 g/mol. The Hall–Kier alpha value is -2.26. The number of aromatic nitrogens is 1. The molecule has 0 aliphatic rings. The minimum atomic E-state index is -0.326. The van der Waals surface area contributed by atoms with Crippen LogP contribution in [-0.2, 0) is 11.2 Å². The van der Waals surface area contributed by atoms with Gasteiger partial charge in [0.25, 0.3) is 0 Å². The van der Waals surface area contributed by atoms with Crippen molar-refractivity contribution in [1.29, 1.82) is 0 Å². The smallest absolute Gasteiger partial charge is 0.338 e. The third-order valence-electron chi connectivity index (χ3n) is 3.48. The van der Waals surface area contributed by atoms with Crippen molar-refractivity contribution in [2.45, 2.75) is 6.42 Å². The standard InChI is InChI=1S/C17H14ClNO2/c1-21-17(20)14-6-3-7-15-16(14)12(10-19-15)8-11-4-2-5-13(18)9-11/h2-7,9-10,19H,8H2,1H3. The number of H-pyrrole nitrogens is 1. The molecule has 21 heavy (non-hydrogen) atoms. The van der Waals surface area contributed by atoms with Crippen molar-refractivity contribution in [3.05, 3.63) is 70.4 Å². The van der Waals surface area contributed by atoms with Crippen LogP contribution in [0.4, 0.5) is 0 Å². The minimum absolute atomic E-state index is 0.326. The molecule has 3 nitrogen and oxygen atoms in total. The van der Waals surface area contributed by atoms with Crippen molar-refractivity contribution in [2.24, 2.45) is 0 Å². The minimum Gasteiger partial charge on any atom is -0.465 e. The van der Waals surface area contributed by atoms with Gasteiger partial charge in [0, 0.05) is 22.1 Å². The summed E-state index contributed by atoms with van der Waals surface area (Å²) in [7, 11) is 1.39. The van der Waals surface area contributed by atoms with Gasteiger partial charge >= 0.3 is 5.97 Å². The van der Waals surface area contributed by atoms with Crippen LogP contribution < -0.4 is 0 Å². The molecular formula is C17H14ClNO2. The molecule has 0 bridgehead atoms. The first-order chi connectivity index (χ1) is 10.2. The normalized spacial score (nSPS) is 10.8. The molecule has 3 rings (SSSR count). The van der Waals surface area contributed by atoms with Gasteiger partial charge in [0.15, 0.2) is 0 Å². The fourth-order valence-corrected chi connectivity index (χ4v) is 2.75. The molecule has 0 radical (unpaired) electrons. The molecule has 0 atom stereocenters. The molecule has 0 aliphatic carbocycles. The molecule has 0 amide bonds. The average Bonchev–Trinajstić information content (AvgIpc) is 2.90. The van der Waals surface area contributed by atoms with Gasteiger partial charge in [-0.2, -0.15) is 0 Å². The SMILES string of the molecule is COC(=O)c1cccc2[nH]cc(Cc3cccc(Cl)c3)c12. The van der Waals surface area contributed by atoms with E-state index in [9.17, 15) is 4.79 Å². The van der Waals surface area contributed by atoms with E-state index in [0.29, 0.717) is 17.0 Å². The summed E-state index contributed by atoms with van der Waals surface area (Å²) in [6.45, 7) is 0. The van der Waals surface area contributed by atoms with Gasteiger partial charge in [0.05, 0.1) is 12.7 Å². The van der Waals surface area contributed by atoms with E-state index in [1.165, 1.54) is 7.11 Å². The van der Waals surface area contributed by atoms with Gasteiger partial charge in [0.1, 0.15) is 0 Å². The lowest BCUT2D eigenvalue weighted by Gasteiger charge is -2.05. The summed E-state index contributed by atoms with van der Waals surface area (Å²) in [5.74, 6) is -0.326. The lowest BCUT2D eigenvalue weighted by atomic mass is 10.0. The fraction of sp³-hybridized carbons (Fsp3) is 0.118. The second-order valence-electron chi connectivity index (χ2n) is 4.84. The van der Waals surface area contributed by atoms with Gasteiger partial charge in [0.2, 0.25) is 0 Å². The zero-order valence-electron chi connectivity index (χ0n) is 11.5. The first-order valence-electron chi connectivity index (χ1n) is 6.61. The molecule has 0 spiro atoms. The molecule has 1 heterocycles. The number of nitrogens with one attached hydrogen (secondary N) is 1. The number of fused-ring (bicyclic) bond motifs is 1. The van der Waals surface area contributed by atoms with Crippen molar-refractivity contribution < 1.29 is 9.53 Å². The summed E-state index contributed by atoms with van der Waals surface area (Å²) in [6, 6.07) is 13.3. The zero-order valence-corrected chi connectivity index (χ0v) is 12.3. The number of ether oxygens (including phenoxy) is 1. The second-order valence-corrected chi connectivity index (χ2v) is 5.28. The topological polar surface area (TPSA) is 42.1 Å². The molecule has 106 valence electrons. The molecule has 4 heteroatoms. The first-order valence-corrected chi connectivity index (χ1v) is 6.98. The Bertz CT molecular complexity index is 807. The molecule has 2 aromatic carbocycles. The molecule has 3 aromatic rings. The Morgan fingerprint density at radius 1 is 1.24 bits per heavy atom. The molecule has 0 unspecified atom stereocenters. The maximum Gasteiger partial charge on any atom is 0.338 e. The lowest BCUT2D eigenvalue weighted by Crippen LogP contribution is -2.02. The lowest BCUT2D eigenvalue weighted by molar-refractivity contribution is 0.0603. The van der Waals surface area contributed by atoms with E-state index >= 15 is 0 Å². The van der Waals surface area contributed by atoms with Gasteiger partial charge in [-0.05, 0) is 41.8 Å². The molecule has 1 N–H and O–H groups in total. The Labute approximate surface area is 127 Å². The van der Waals surface area contributed by atoms with Gasteiger partial charge in [-0.1, -0.05) is 29.8 Å². The summed E-state index contributed by atoms with van der Waals surface area (Å²) in [5.41, 5.74) is 3.65. The maximum absolute atomic E-state index is 11.9. The van der Waals surface area contributed by atoms with Crippen molar-refractivity contribution in [3.8, 4) is 0 Å². The molecule has 0 saturated carbocycles. The third-order valence-corrected chi connectivity index (χ3v) is 3.71. The van der Waals surface area contributed by atoms with E-state index in [-0.39, 0.29) is 5.97 Å². The van der Waals surface area contributed by atoms with E-state index in [0.717, 1.165) is 22.0 Å². The van der Waals surface area contributed by atoms with Crippen LogP contribution in [0, 0.1) is 0 Å². The van der Waals surface area contributed by atoms with Crippen LogP contribution in [0.1, 0.15) is 21.5 Å². The van der Waals surface area contributed by atoms with E-state index < -0.39 is 0 Å². The van der Waals surface area contributed by atoms with Crippen LogP contribution in [0.25, 0.3) is 10.9 Å². The maximum atomic E-state index is 11.9. The summed E-state index contributed by atoms with van der Waals surface area (Å²) in [6.07, 6.45) is 2.63. The number of aromatic amines is 1. The highest BCUT2D eigenvalue weighted by Crippen LogP contribution is 2.26. The highest BCUT2D eigenvalue weighted by Gasteiger charge is 2.15. The monoisotopic (exact) mass is 299 g/mol. The zero-order chi connectivity index (χ0) is 14.8. The third kappa shape index (κ3) is 2.65. The van der Waals surface area contributed by atoms with Crippen LogP contribution in [0.2, 0.25) is 5.02 Å². The quantitative estimate of drug-likeness (QED) is 0.737. The number of hydrogen-bond acceptors (Lipinski definition) is 2. The number of carbonyl (C=O) groups excluding carboxylic acids is 1. The van der Waals surface area contributed by atoms with Crippen molar-refractivity contribution in [2.75, 3.05) is 7.11 Å². The molecule has 1 aromatic heterocycles. The first kappa shape index (κ1) is 13.7. The second kappa shape index (κ2) is 5.62. The van der Waals surface area contributed by atoms with E-state index in [4.69, 9.17) is 16.3 Å². The van der Waals surface area contributed by atoms with E-state index in [1.54, 1.807) is 6.07 Å². The Balaban J connectivity index is 2.09. The van der Waals surface area contributed by atoms with Crippen molar-refractivity contribution in [3.63, 3.8) is 0 Å². The number of carbonyl (C=O) groups is 1. The van der Waals surface area contributed by atoms with Crippen molar-refractivity contribution in [1.82, 2.24) is 4.98 Å². The van der Waals surface area contributed by atoms with Crippen LogP contribution in [0.5, 0.6) is 0 Å². The number of rotatable bonds is 3. The predicted octanol–water partition coefficient (Wildman–Crippen LogP) is 4.20. The van der Waals surface area contributed by atoms with Gasteiger partial charge in [-0.3, -0.25) is 0 Å². The fourth-order valence-electron chi connectivity index (χ4n) is 2.54. The van der Waals surface area contributed by atoms with Crippen LogP contribution >= 0.6 is 11.6 Å². The van der Waals surface area contributed by atoms with Crippen molar-refractivity contribution >= 4 is 28.5 Å². The number of hydrogen-bond donors (Lipinski definition) is 1. The van der Waals surface area contributed by atoms with Crippen LogP contribution in [0.3, 0.4) is 0 Å². The molecule has 0 aliphatic heterocycles. The number of methoxy groups -OCH3 is 1. The number of esters is 1. The largest absolute Gasteiger partial charge is 0.465 e. The predicted molar refractivity (Wildman–Crippen MR) is 83.9 cm³/mol. The Kier molecular flexibility index (Phi) is 3.67. The summed E-state index contributed by atoms with van der Waals surface area (Å²) in [4.78, 5) is 15.1. The summed E-state index contributed by atoms with van der Waals surface area (Å²) < 4.78 is 4.86. The van der Waals surface area contributed by atoms with Gasteiger partial charge in [-0.25, -0.2) is 4.79 Å². The molecule has 0 saturated heterocycles. The summed E-state index contributed by atoms with van der Waals surface area (Å²) in [5, 5.41) is 1.62. The molecule has 0 fully saturated rings.